The highest BCUT2D eigenvalue weighted by atomic mass is 32.1. The van der Waals surface area contributed by atoms with Gasteiger partial charge in [0.1, 0.15) is 5.75 Å². The van der Waals surface area contributed by atoms with Crippen LogP contribution < -0.4 is 10.1 Å². The van der Waals surface area contributed by atoms with Crippen molar-refractivity contribution in [2.45, 2.75) is 12.4 Å². The Morgan fingerprint density at radius 3 is 2.57 bits per heavy atom. The number of hydrogen-bond acceptors (Lipinski definition) is 4. The highest BCUT2D eigenvalue weighted by Gasteiger charge is 2.32. The zero-order chi connectivity index (χ0) is 16.3. The van der Waals surface area contributed by atoms with Crippen molar-refractivity contribution in [2.24, 2.45) is 0 Å². The van der Waals surface area contributed by atoms with Gasteiger partial charge in [-0.05, 0) is 40.1 Å². The first-order valence-electron chi connectivity index (χ1n) is 7.35. The van der Waals surface area contributed by atoms with Crippen molar-refractivity contribution >= 4 is 11.3 Å². The summed E-state index contributed by atoms with van der Waals surface area (Å²) in [6.45, 7) is 3.45. The van der Waals surface area contributed by atoms with E-state index < -0.39 is 6.36 Å². The van der Waals surface area contributed by atoms with Crippen LogP contribution in [0.15, 0.2) is 41.1 Å². The molecule has 2 aromatic rings. The fourth-order valence-electron chi connectivity index (χ4n) is 2.87. The maximum absolute atomic E-state index is 12.5. The third-order valence-electron chi connectivity index (χ3n) is 3.78. The van der Waals surface area contributed by atoms with Gasteiger partial charge in [0.15, 0.2) is 0 Å². The summed E-state index contributed by atoms with van der Waals surface area (Å²) in [6.07, 6.45) is -4.68. The zero-order valence-electron chi connectivity index (χ0n) is 12.3. The molecule has 1 aliphatic rings. The first kappa shape index (κ1) is 16.3. The Hall–Kier alpha value is -1.57. The van der Waals surface area contributed by atoms with E-state index in [9.17, 15) is 13.2 Å². The third kappa shape index (κ3) is 4.25. The molecule has 1 aromatic carbocycles. The van der Waals surface area contributed by atoms with E-state index in [0.717, 1.165) is 37.3 Å². The molecule has 0 aliphatic carbocycles. The number of thiophene rings is 1. The molecule has 1 saturated heterocycles. The molecule has 0 bridgehead atoms. The molecule has 0 saturated carbocycles. The Kier molecular flexibility index (Phi) is 4.89. The second kappa shape index (κ2) is 6.90. The predicted molar refractivity (Wildman–Crippen MR) is 83.7 cm³/mol. The van der Waals surface area contributed by atoms with Gasteiger partial charge in [0, 0.05) is 26.2 Å². The summed E-state index contributed by atoms with van der Waals surface area (Å²) in [5.41, 5.74) is 1.91. The summed E-state index contributed by atoms with van der Waals surface area (Å²) < 4.78 is 41.5. The molecule has 23 heavy (non-hydrogen) atoms. The number of nitrogens with one attached hydrogen (secondary N) is 1. The minimum atomic E-state index is -4.68. The van der Waals surface area contributed by atoms with Gasteiger partial charge in [0.05, 0.1) is 6.04 Å². The van der Waals surface area contributed by atoms with Gasteiger partial charge < -0.3 is 10.1 Å². The van der Waals surface area contributed by atoms with Crippen molar-refractivity contribution < 1.29 is 17.9 Å². The van der Waals surface area contributed by atoms with E-state index in [1.165, 1.54) is 12.1 Å². The van der Waals surface area contributed by atoms with Crippen LogP contribution in [0.4, 0.5) is 13.2 Å². The normalized spacial score (nSPS) is 17.9. The number of piperazine rings is 1. The fraction of sp³-hybridized carbons (Fsp3) is 0.375. The van der Waals surface area contributed by atoms with Crippen LogP contribution in [0.3, 0.4) is 0 Å². The topological polar surface area (TPSA) is 24.5 Å². The summed E-state index contributed by atoms with van der Waals surface area (Å²) in [4.78, 5) is 2.28. The van der Waals surface area contributed by atoms with Gasteiger partial charge in [0.2, 0.25) is 0 Å². The molecule has 1 fully saturated rings. The maximum atomic E-state index is 12.5. The lowest BCUT2D eigenvalue weighted by atomic mass is 9.98. The van der Waals surface area contributed by atoms with E-state index in [4.69, 9.17) is 0 Å². The Labute approximate surface area is 136 Å². The number of benzene rings is 1. The number of ether oxygens (including phenoxy) is 1. The molecule has 1 aliphatic heterocycles. The van der Waals surface area contributed by atoms with E-state index in [1.54, 1.807) is 17.4 Å². The number of nitrogens with zero attached hydrogens (tertiary/aromatic N) is 1. The fourth-order valence-corrected chi connectivity index (χ4v) is 3.55. The van der Waals surface area contributed by atoms with Crippen molar-refractivity contribution in [1.82, 2.24) is 10.2 Å². The van der Waals surface area contributed by atoms with Gasteiger partial charge in [0.25, 0.3) is 0 Å². The lowest BCUT2D eigenvalue weighted by Crippen LogP contribution is -2.45. The van der Waals surface area contributed by atoms with E-state index in [-0.39, 0.29) is 11.8 Å². The van der Waals surface area contributed by atoms with E-state index in [1.807, 2.05) is 22.9 Å². The van der Waals surface area contributed by atoms with Crippen molar-refractivity contribution in [3.05, 3.63) is 52.2 Å². The maximum Gasteiger partial charge on any atom is 0.573 e. The smallest absolute Gasteiger partial charge is 0.406 e. The van der Waals surface area contributed by atoms with Gasteiger partial charge in [-0.1, -0.05) is 12.1 Å². The predicted octanol–water partition coefficient (Wildman–Crippen LogP) is 3.64. The van der Waals surface area contributed by atoms with Gasteiger partial charge >= 0.3 is 6.36 Å². The highest BCUT2D eigenvalue weighted by molar-refractivity contribution is 7.08. The van der Waals surface area contributed by atoms with Crippen LogP contribution in [0.2, 0.25) is 0 Å². The van der Waals surface area contributed by atoms with E-state index in [0.29, 0.717) is 0 Å². The monoisotopic (exact) mass is 342 g/mol. The summed E-state index contributed by atoms with van der Waals surface area (Å²) in [5, 5.41) is 7.33. The Morgan fingerprint density at radius 2 is 1.91 bits per heavy atom. The van der Waals surface area contributed by atoms with Gasteiger partial charge in [-0.2, -0.15) is 11.3 Å². The van der Waals surface area contributed by atoms with Crippen LogP contribution in [0, 0.1) is 0 Å². The number of rotatable bonds is 4. The summed E-state index contributed by atoms with van der Waals surface area (Å²) >= 11 is 1.59. The summed E-state index contributed by atoms with van der Waals surface area (Å²) in [5.74, 6) is -0.176. The lowest BCUT2D eigenvalue weighted by Gasteiger charge is -2.35. The van der Waals surface area contributed by atoms with Gasteiger partial charge in [-0.15, -0.1) is 13.2 Å². The molecule has 124 valence electrons. The molecule has 0 unspecified atom stereocenters. The molecule has 0 radical (unpaired) electrons. The van der Waals surface area contributed by atoms with Crippen molar-refractivity contribution in [3.8, 4) is 5.75 Å². The molecule has 3 rings (SSSR count). The van der Waals surface area contributed by atoms with Crippen LogP contribution in [0.1, 0.15) is 17.2 Å². The van der Waals surface area contributed by atoms with Crippen LogP contribution in [0.25, 0.3) is 0 Å². The van der Waals surface area contributed by atoms with Gasteiger partial charge in [-0.25, -0.2) is 0 Å². The molecule has 2 heterocycles. The number of halogens is 3. The molecule has 3 nitrogen and oxygen atoms in total. The second-order valence-electron chi connectivity index (χ2n) is 5.37. The SMILES string of the molecule is FC(F)(F)Oc1cccc([C@@H](c2ccsc2)N2CCNCC2)c1. The average Bonchev–Trinajstić information content (AvgIpc) is 3.01. The molecule has 1 N–H and O–H groups in total. The zero-order valence-corrected chi connectivity index (χ0v) is 13.2. The molecular formula is C16H17F3N2OS. The Balaban J connectivity index is 1.91. The quantitative estimate of drug-likeness (QED) is 0.918. The second-order valence-corrected chi connectivity index (χ2v) is 6.15. The standard InChI is InChI=1S/C16H17F3N2OS/c17-16(18,19)22-14-3-1-2-12(10-14)15(13-4-9-23-11-13)21-7-5-20-6-8-21/h1-4,9-11,15,20H,5-8H2/t15-/m0/s1. The summed E-state index contributed by atoms with van der Waals surface area (Å²) in [7, 11) is 0. The lowest BCUT2D eigenvalue weighted by molar-refractivity contribution is -0.274. The minimum absolute atomic E-state index is 0.0554. The van der Waals surface area contributed by atoms with Crippen molar-refractivity contribution in [3.63, 3.8) is 0 Å². The summed E-state index contributed by atoms with van der Waals surface area (Å²) in [6, 6.07) is 8.25. The first-order valence-corrected chi connectivity index (χ1v) is 8.30. The average molecular weight is 342 g/mol. The Morgan fingerprint density at radius 1 is 1.13 bits per heavy atom. The van der Waals surface area contributed by atoms with Crippen LogP contribution in [-0.4, -0.2) is 37.4 Å². The van der Waals surface area contributed by atoms with E-state index >= 15 is 0 Å². The van der Waals surface area contributed by atoms with Crippen LogP contribution >= 0.6 is 11.3 Å². The Bertz CT molecular complexity index is 625. The van der Waals surface area contributed by atoms with Crippen molar-refractivity contribution in [1.29, 1.82) is 0 Å². The molecule has 1 aromatic heterocycles. The van der Waals surface area contributed by atoms with E-state index in [2.05, 4.69) is 15.0 Å². The van der Waals surface area contributed by atoms with Crippen LogP contribution in [0.5, 0.6) is 5.75 Å². The molecule has 1 atom stereocenters. The molecular weight excluding hydrogens is 325 g/mol. The first-order chi connectivity index (χ1) is 11.0. The highest BCUT2D eigenvalue weighted by Crippen LogP contribution is 2.33. The largest absolute Gasteiger partial charge is 0.573 e. The van der Waals surface area contributed by atoms with Crippen molar-refractivity contribution in [2.75, 3.05) is 26.2 Å². The van der Waals surface area contributed by atoms with Crippen LogP contribution in [-0.2, 0) is 0 Å². The minimum Gasteiger partial charge on any atom is -0.406 e. The number of hydrogen-bond donors (Lipinski definition) is 1. The molecule has 0 amide bonds. The molecule has 0 spiro atoms. The third-order valence-corrected chi connectivity index (χ3v) is 4.48. The molecule has 7 heteroatoms. The number of alkyl halides is 3. The van der Waals surface area contributed by atoms with Gasteiger partial charge in [-0.3, -0.25) is 4.90 Å².